The summed E-state index contributed by atoms with van der Waals surface area (Å²) in [6.07, 6.45) is 0. The van der Waals surface area contributed by atoms with E-state index in [0.717, 1.165) is 19.6 Å². The van der Waals surface area contributed by atoms with Gasteiger partial charge in [-0.3, -0.25) is 4.79 Å². The van der Waals surface area contributed by atoms with Crippen LogP contribution in [0.15, 0.2) is 18.2 Å². The first-order valence-electron chi connectivity index (χ1n) is 6.67. The lowest BCUT2D eigenvalue weighted by atomic mass is 10.1. The van der Waals surface area contributed by atoms with Crippen molar-refractivity contribution in [1.29, 1.82) is 0 Å². The molecule has 0 aliphatic carbocycles. The van der Waals surface area contributed by atoms with Gasteiger partial charge in [0.1, 0.15) is 13.2 Å². The molecular formula is C14H18N2O3. The lowest BCUT2D eigenvalue weighted by Gasteiger charge is -2.32. The summed E-state index contributed by atoms with van der Waals surface area (Å²) in [5, 5.41) is 3.33. The highest BCUT2D eigenvalue weighted by Crippen LogP contribution is 2.34. The number of hydrogen-bond acceptors (Lipinski definition) is 4. The van der Waals surface area contributed by atoms with Gasteiger partial charge in [0, 0.05) is 25.7 Å². The molecule has 2 aliphatic heterocycles. The summed E-state index contributed by atoms with van der Waals surface area (Å²) in [5.41, 5.74) is 0.603. The molecule has 19 heavy (non-hydrogen) atoms. The normalized spacial score (nSPS) is 22.2. The molecule has 0 radical (unpaired) electrons. The highest BCUT2D eigenvalue weighted by atomic mass is 16.6. The van der Waals surface area contributed by atoms with E-state index in [-0.39, 0.29) is 5.91 Å². The molecule has 102 valence electrons. The van der Waals surface area contributed by atoms with E-state index in [0.29, 0.717) is 36.3 Å². The molecule has 0 bridgehead atoms. The smallest absolute Gasteiger partial charge is 0.257 e. The first-order valence-corrected chi connectivity index (χ1v) is 6.67. The molecule has 0 aromatic heterocycles. The molecule has 1 N–H and O–H groups in total. The van der Waals surface area contributed by atoms with Gasteiger partial charge in [-0.15, -0.1) is 0 Å². The number of fused-ring (bicyclic) bond motifs is 1. The Labute approximate surface area is 112 Å². The molecule has 0 spiro atoms. The minimum atomic E-state index is 0.0238. The van der Waals surface area contributed by atoms with Crippen LogP contribution in [0.2, 0.25) is 0 Å². The lowest BCUT2D eigenvalue weighted by Crippen LogP contribution is -2.51. The molecular weight excluding hydrogens is 244 g/mol. The Bertz CT molecular complexity index is 490. The van der Waals surface area contributed by atoms with Crippen molar-refractivity contribution in [3.8, 4) is 11.5 Å². The standard InChI is InChI=1S/C14H18N2O3/c1-10-9-16(6-5-15-10)14(17)11-3-2-4-12-13(11)19-8-7-18-12/h2-4,10,15H,5-9H2,1H3/t10-/m0/s1. The molecule has 2 aliphatic rings. The van der Waals surface area contributed by atoms with Crippen molar-refractivity contribution in [3.63, 3.8) is 0 Å². The van der Waals surface area contributed by atoms with E-state index in [2.05, 4.69) is 12.2 Å². The van der Waals surface area contributed by atoms with Crippen LogP contribution in [0.3, 0.4) is 0 Å². The maximum atomic E-state index is 12.6. The molecule has 3 rings (SSSR count). The second-order valence-corrected chi connectivity index (χ2v) is 4.94. The van der Waals surface area contributed by atoms with Crippen molar-refractivity contribution in [3.05, 3.63) is 23.8 Å². The van der Waals surface area contributed by atoms with E-state index in [9.17, 15) is 4.79 Å². The number of para-hydroxylation sites is 1. The van der Waals surface area contributed by atoms with Crippen LogP contribution in [0.4, 0.5) is 0 Å². The van der Waals surface area contributed by atoms with Crippen LogP contribution in [0.25, 0.3) is 0 Å². The Morgan fingerprint density at radius 3 is 3.05 bits per heavy atom. The van der Waals surface area contributed by atoms with Crippen LogP contribution in [-0.2, 0) is 0 Å². The number of carbonyl (C=O) groups excluding carboxylic acids is 1. The van der Waals surface area contributed by atoms with Crippen molar-refractivity contribution >= 4 is 5.91 Å². The summed E-state index contributed by atoms with van der Waals surface area (Å²) in [5.74, 6) is 1.28. The van der Waals surface area contributed by atoms with Crippen molar-refractivity contribution in [2.75, 3.05) is 32.8 Å². The Balaban J connectivity index is 1.87. The average Bonchev–Trinajstić information content (AvgIpc) is 2.46. The van der Waals surface area contributed by atoms with E-state index < -0.39 is 0 Å². The number of amides is 1. The third kappa shape index (κ3) is 2.38. The summed E-state index contributed by atoms with van der Waals surface area (Å²) >= 11 is 0. The van der Waals surface area contributed by atoms with Gasteiger partial charge in [0.2, 0.25) is 0 Å². The lowest BCUT2D eigenvalue weighted by molar-refractivity contribution is 0.0699. The highest BCUT2D eigenvalue weighted by Gasteiger charge is 2.26. The number of nitrogens with one attached hydrogen (secondary N) is 1. The topological polar surface area (TPSA) is 50.8 Å². The van der Waals surface area contributed by atoms with E-state index in [4.69, 9.17) is 9.47 Å². The molecule has 1 saturated heterocycles. The molecule has 2 heterocycles. The fourth-order valence-electron chi connectivity index (χ4n) is 2.53. The number of ether oxygens (including phenoxy) is 2. The van der Waals surface area contributed by atoms with Gasteiger partial charge in [-0.2, -0.15) is 0 Å². The zero-order valence-electron chi connectivity index (χ0n) is 11.0. The molecule has 0 unspecified atom stereocenters. The predicted molar refractivity (Wildman–Crippen MR) is 70.8 cm³/mol. The number of piperazine rings is 1. The summed E-state index contributed by atoms with van der Waals surface area (Å²) in [6.45, 7) is 5.40. The maximum Gasteiger partial charge on any atom is 0.257 e. The minimum absolute atomic E-state index is 0.0238. The zero-order chi connectivity index (χ0) is 13.2. The largest absolute Gasteiger partial charge is 0.486 e. The van der Waals surface area contributed by atoms with Crippen LogP contribution < -0.4 is 14.8 Å². The van der Waals surface area contributed by atoms with Crippen molar-refractivity contribution in [2.45, 2.75) is 13.0 Å². The third-order valence-corrected chi connectivity index (χ3v) is 3.45. The van der Waals surface area contributed by atoms with Gasteiger partial charge in [0.15, 0.2) is 11.5 Å². The molecule has 1 amide bonds. The SMILES string of the molecule is C[C@H]1CN(C(=O)c2cccc3c2OCCO3)CCN1. The first-order chi connectivity index (χ1) is 9.25. The van der Waals surface area contributed by atoms with Crippen LogP contribution in [-0.4, -0.2) is 49.7 Å². The van der Waals surface area contributed by atoms with Gasteiger partial charge in [-0.1, -0.05) is 6.07 Å². The van der Waals surface area contributed by atoms with E-state index in [1.54, 1.807) is 0 Å². The number of rotatable bonds is 1. The van der Waals surface area contributed by atoms with Gasteiger partial charge in [0.05, 0.1) is 5.56 Å². The average molecular weight is 262 g/mol. The Hall–Kier alpha value is -1.75. The summed E-state index contributed by atoms with van der Waals surface area (Å²) in [6, 6.07) is 5.81. The minimum Gasteiger partial charge on any atom is -0.486 e. The molecule has 5 nitrogen and oxygen atoms in total. The monoisotopic (exact) mass is 262 g/mol. The van der Waals surface area contributed by atoms with Crippen molar-refractivity contribution in [1.82, 2.24) is 10.2 Å². The number of nitrogens with zero attached hydrogens (tertiary/aromatic N) is 1. The molecule has 0 saturated carbocycles. The molecule has 1 fully saturated rings. The van der Waals surface area contributed by atoms with Crippen LogP contribution in [0, 0.1) is 0 Å². The second kappa shape index (κ2) is 5.09. The van der Waals surface area contributed by atoms with Gasteiger partial charge < -0.3 is 19.7 Å². The number of hydrogen-bond donors (Lipinski definition) is 1. The Morgan fingerprint density at radius 2 is 2.21 bits per heavy atom. The zero-order valence-corrected chi connectivity index (χ0v) is 11.0. The van der Waals surface area contributed by atoms with Crippen molar-refractivity contribution < 1.29 is 14.3 Å². The third-order valence-electron chi connectivity index (χ3n) is 3.45. The first kappa shape index (κ1) is 12.3. The molecule has 1 atom stereocenters. The number of benzene rings is 1. The van der Waals surface area contributed by atoms with Crippen molar-refractivity contribution in [2.24, 2.45) is 0 Å². The molecule has 1 aromatic rings. The van der Waals surface area contributed by atoms with Gasteiger partial charge in [0.25, 0.3) is 5.91 Å². The molecule has 1 aromatic carbocycles. The summed E-state index contributed by atoms with van der Waals surface area (Å²) in [4.78, 5) is 14.4. The Morgan fingerprint density at radius 1 is 1.37 bits per heavy atom. The maximum absolute atomic E-state index is 12.6. The molecule has 5 heteroatoms. The predicted octanol–water partition coefficient (Wildman–Crippen LogP) is 0.892. The number of carbonyl (C=O) groups is 1. The summed E-state index contributed by atoms with van der Waals surface area (Å²) < 4.78 is 11.1. The summed E-state index contributed by atoms with van der Waals surface area (Å²) in [7, 11) is 0. The van der Waals surface area contributed by atoms with Crippen LogP contribution in [0.5, 0.6) is 11.5 Å². The Kier molecular flexibility index (Phi) is 3.29. The quantitative estimate of drug-likeness (QED) is 0.816. The fraction of sp³-hybridized carbons (Fsp3) is 0.500. The van der Waals surface area contributed by atoms with Gasteiger partial charge in [-0.25, -0.2) is 0 Å². The van der Waals surface area contributed by atoms with Gasteiger partial charge in [-0.05, 0) is 19.1 Å². The highest BCUT2D eigenvalue weighted by molar-refractivity contribution is 5.98. The fourth-order valence-corrected chi connectivity index (χ4v) is 2.53. The van der Waals surface area contributed by atoms with E-state index >= 15 is 0 Å². The van der Waals surface area contributed by atoms with E-state index in [1.165, 1.54) is 0 Å². The van der Waals surface area contributed by atoms with E-state index in [1.807, 2.05) is 23.1 Å². The second-order valence-electron chi connectivity index (χ2n) is 4.94. The van der Waals surface area contributed by atoms with Crippen LogP contribution in [0.1, 0.15) is 17.3 Å². The van der Waals surface area contributed by atoms with Gasteiger partial charge >= 0.3 is 0 Å². The van der Waals surface area contributed by atoms with Crippen LogP contribution >= 0.6 is 0 Å².